The Bertz CT molecular complexity index is 645. The number of nitrogens with zero attached hydrogens (tertiary/aromatic N) is 1. The van der Waals surface area contributed by atoms with Gasteiger partial charge in [-0.05, 0) is 0 Å². The molecule has 1 aromatic heterocycles. The van der Waals surface area contributed by atoms with Gasteiger partial charge in [0.2, 0.25) is 5.88 Å². The third-order valence-corrected chi connectivity index (χ3v) is 3.80. The first-order valence-corrected chi connectivity index (χ1v) is 8.06. The van der Waals surface area contributed by atoms with Gasteiger partial charge in [-0.25, -0.2) is 13.4 Å². The molecule has 0 saturated carbocycles. The molecule has 0 bridgehead atoms. The molecular formula is C8H3BrClF6NO3S. The molecule has 0 aliphatic heterocycles. The predicted octanol–water partition coefficient (Wildman–Crippen LogP) is 3.82. The molecule has 13 heteroatoms. The maximum atomic E-state index is 12.8. The normalized spacial score (nSPS) is 13.3. The minimum Gasteiger partial charge on any atom is -0.388 e. The zero-order chi connectivity index (χ0) is 16.6. The van der Waals surface area contributed by atoms with Crippen molar-refractivity contribution < 1.29 is 39.5 Å². The molecule has 0 amide bonds. The number of pyridine rings is 1. The van der Waals surface area contributed by atoms with Gasteiger partial charge >= 0.3 is 12.5 Å². The van der Waals surface area contributed by atoms with Crippen molar-refractivity contribution >= 4 is 35.7 Å². The lowest BCUT2D eigenvalue weighted by molar-refractivity contribution is -0.276. The van der Waals surface area contributed by atoms with Crippen LogP contribution in [0.15, 0.2) is 11.0 Å². The van der Waals surface area contributed by atoms with Crippen LogP contribution in [-0.4, -0.2) is 19.8 Å². The van der Waals surface area contributed by atoms with Gasteiger partial charge in [0.15, 0.2) is 0 Å². The maximum absolute atomic E-state index is 12.8. The zero-order valence-corrected chi connectivity index (χ0v) is 12.5. The van der Waals surface area contributed by atoms with Crippen molar-refractivity contribution in [2.24, 2.45) is 0 Å². The quantitative estimate of drug-likeness (QED) is 0.422. The molecular weight excluding hydrogens is 420 g/mol. The Hall–Kier alpha value is -0.750. The van der Waals surface area contributed by atoms with Gasteiger partial charge in [0.25, 0.3) is 9.05 Å². The Morgan fingerprint density at radius 2 is 1.76 bits per heavy atom. The average Bonchev–Trinajstić information content (AvgIpc) is 2.22. The molecule has 0 aliphatic rings. The first kappa shape index (κ1) is 18.3. The summed E-state index contributed by atoms with van der Waals surface area (Å²) in [6.45, 7) is 0. The molecule has 0 spiro atoms. The van der Waals surface area contributed by atoms with Gasteiger partial charge in [-0.2, -0.15) is 13.2 Å². The van der Waals surface area contributed by atoms with Crippen LogP contribution in [0, 0.1) is 0 Å². The second kappa shape index (κ2) is 5.80. The number of rotatable bonds is 3. The highest BCUT2D eigenvalue weighted by Crippen LogP contribution is 2.40. The van der Waals surface area contributed by atoms with Crippen LogP contribution in [0.25, 0.3) is 0 Å². The Morgan fingerprint density at radius 3 is 2.10 bits per heavy atom. The lowest BCUT2D eigenvalue weighted by Gasteiger charge is -2.16. The highest BCUT2D eigenvalue weighted by molar-refractivity contribution is 9.08. The molecule has 0 saturated heterocycles. The summed E-state index contributed by atoms with van der Waals surface area (Å²) in [5, 5.41) is -0.670. The second-order valence-corrected chi connectivity index (χ2v) is 6.49. The summed E-state index contributed by atoms with van der Waals surface area (Å²) in [6.07, 6.45) is -10.5. The van der Waals surface area contributed by atoms with Gasteiger partial charge in [-0.3, -0.25) is 0 Å². The third-order valence-electron chi connectivity index (χ3n) is 1.93. The largest absolute Gasteiger partial charge is 0.574 e. The van der Waals surface area contributed by atoms with Crippen molar-refractivity contribution in [2.45, 2.75) is 22.8 Å². The monoisotopic (exact) mass is 421 g/mol. The first-order chi connectivity index (χ1) is 9.25. The molecule has 0 unspecified atom stereocenters. The fraction of sp³-hybridized carbons (Fsp3) is 0.375. The van der Waals surface area contributed by atoms with Crippen molar-refractivity contribution in [1.82, 2.24) is 4.98 Å². The van der Waals surface area contributed by atoms with Crippen LogP contribution in [0.4, 0.5) is 26.3 Å². The summed E-state index contributed by atoms with van der Waals surface area (Å²) in [7, 11) is -0.149. The Morgan fingerprint density at radius 1 is 1.24 bits per heavy atom. The molecule has 1 aromatic rings. The van der Waals surface area contributed by atoms with Gasteiger partial charge in [0, 0.05) is 22.1 Å². The summed E-state index contributed by atoms with van der Waals surface area (Å²) in [4.78, 5) is 1.42. The van der Waals surface area contributed by atoms with Gasteiger partial charge < -0.3 is 4.74 Å². The van der Waals surface area contributed by atoms with E-state index in [-0.39, 0.29) is 6.07 Å². The van der Waals surface area contributed by atoms with Crippen LogP contribution in [-0.2, 0) is 20.6 Å². The second-order valence-electron chi connectivity index (χ2n) is 3.40. The van der Waals surface area contributed by atoms with E-state index in [1.54, 1.807) is 0 Å². The number of ether oxygens (including phenoxy) is 1. The summed E-state index contributed by atoms with van der Waals surface area (Å²) < 4.78 is 100. The van der Waals surface area contributed by atoms with E-state index < -0.39 is 49.0 Å². The number of halogens is 8. The third kappa shape index (κ3) is 4.88. The minimum absolute atomic E-state index is 0.0369. The van der Waals surface area contributed by atoms with Crippen LogP contribution in [0.1, 0.15) is 11.3 Å². The predicted molar refractivity (Wildman–Crippen MR) is 61.6 cm³/mol. The smallest absolute Gasteiger partial charge is 0.388 e. The number of hydrogen-bond acceptors (Lipinski definition) is 4. The van der Waals surface area contributed by atoms with Gasteiger partial charge in [-0.1, -0.05) is 15.9 Å². The Labute approximate surface area is 126 Å². The van der Waals surface area contributed by atoms with Crippen LogP contribution in [0.5, 0.6) is 5.88 Å². The van der Waals surface area contributed by atoms with Crippen molar-refractivity contribution in [3.63, 3.8) is 0 Å². The Balaban J connectivity index is 3.67. The highest BCUT2D eigenvalue weighted by atomic mass is 79.9. The fourth-order valence-corrected chi connectivity index (χ4v) is 2.80. The molecule has 0 atom stereocenters. The van der Waals surface area contributed by atoms with Gasteiger partial charge in [0.1, 0.15) is 4.90 Å². The van der Waals surface area contributed by atoms with E-state index in [0.29, 0.717) is 0 Å². The van der Waals surface area contributed by atoms with E-state index in [1.807, 2.05) is 0 Å². The summed E-state index contributed by atoms with van der Waals surface area (Å²) in [5.74, 6) is -1.37. The molecule has 0 fully saturated rings. The molecule has 0 aliphatic carbocycles. The van der Waals surface area contributed by atoms with E-state index in [4.69, 9.17) is 10.7 Å². The van der Waals surface area contributed by atoms with E-state index in [9.17, 15) is 34.8 Å². The van der Waals surface area contributed by atoms with E-state index >= 15 is 0 Å². The lowest BCUT2D eigenvalue weighted by atomic mass is 10.2. The van der Waals surface area contributed by atoms with Crippen LogP contribution >= 0.6 is 26.6 Å². The molecule has 0 N–H and O–H groups in total. The molecule has 4 nitrogen and oxygen atoms in total. The number of hydrogen-bond donors (Lipinski definition) is 0. The molecule has 0 radical (unpaired) electrons. The van der Waals surface area contributed by atoms with Gasteiger partial charge in [0.05, 0.1) is 11.3 Å². The number of aromatic nitrogens is 1. The van der Waals surface area contributed by atoms with Crippen molar-refractivity contribution in [1.29, 1.82) is 0 Å². The molecule has 21 heavy (non-hydrogen) atoms. The van der Waals surface area contributed by atoms with Crippen molar-refractivity contribution in [3.05, 3.63) is 17.3 Å². The molecule has 120 valence electrons. The minimum atomic E-state index is -5.26. The molecule has 1 rings (SSSR count). The van der Waals surface area contributed by atoms with E-state index in [1.165, 1.54) is 0 Å². The topological polar surface area (TPSA) is 56.3 Å². The summed E-state index contributed by atoms with van der Waals surface area (Å²) >= 11 is 2.58. The number of alkyl halides is 7. The first-order valence-electron chi connectivity index (χ1n) is 4.63. The lowest BCUT2D eigenvalue weighted by Crippen LogP contribution is -2.21. The van der Waals surface area contributed by atoms with Gasteiger partial charge in [-0.15, -0.1) is 13.2 Å². The van der Waals surface area contributed by atoms with Crippen LogP contribution < -0.4 is 4.74 Å². The molecule has 0 aromatic carbocycles. The SMILES string of the molecule is O=S(=O)(Cl)c1cc(OC(F)(F)F)nc(CBr)c1C(F)(F)F. The van der Waals surface area contributed by atoms with Crippen molar-refractivity contribution in [3.8, 4) is 5.88 Å². The van der Waals surface area contributed by atoms with Crippen LogP contribution in [0.3, 0.4) is 0 Å². The Kier molecular flexibility index (Phi) is 5.05. The van der Waals surface area contributed by atoms with E-state index in [2.05, 4.69) is 25.7 Å². The van der Waals surface area contributed by atoms with Crippen LogP contribution in [0.2, 0.25) is 0 Å². The average molecular weight is 423 g/mol. The highest BCUT2D eigenvalue weighted by Gasteiger charge is 2.41. The van der Waals surface area contributed by atoms with E-state index in [0.717, 1.165) is 0 Å². The zero-order valence-electron chi connectivity index (χ0n) is 9.39. The standard InChI is InChI=1S/C8H3BrClF6NO3S/c9-2-3-6(7(11,12)13)4(21(10,18)19)1-5(17-3)20-8(14,15)16/h1H,2H2. The maximum Gasteiger partial charge on any atom is 0.574 e. The summed E-state index contributed by atoms with van der Waals surface area (Å²) in [5.41, 5.74) is -2.77. The summed E-state index contributed by atoms with van der Waals surface area (Å²) in [6, 6.07) is -0.0369. The van der Waals surface area contributed by atoms with Crippen molar-refractivity contribution in [2.75, 3.05) is 0 Å². The molecule has 1 heterocycles. The fourth-order valence-electron chi connectivity index (χ4n) is 1.31.